The minimum Gasteiger partial charge on any atom is -0.349 e. The number of hydrogen-bond acceptors (Lipinski definition) is 5. The Morgan fingerprint density at radius 3 is 2.74 bits per heavy atom. The summed E-state index contributed by atoms with van der Waals surface area (Å²) in [6.07, 6.45) is 1.29. The van der Waals surface area contributed by atoms with Gasteiger partial charge in [0.1, 0.15) is 6.54 Å². The van der Waals surface area contributed by atoms with Crippen LogP contribution in [0.4, 0.5) is 0 Å². The Morgan fingerprint density at radius 2 is 2.13 bits per heavy atom. The van der Waals surface area contributed by atoms with Gasteiger partial charge < -0.3 is 5.32 Å². The summed E-state index contributed by atoms with van der Waals surface area (Å²) in [6, 6.07) is 0. The van der Waals surface area contributed by atoms with Crippen molar-refractivity contribution in [2.24, 2.45) is 0 Å². The van der Waals surface area contributed by atoms with Crippen molar-refractivity contribution in [3.8, 4) is 0 Å². The molecule has 0 unspecified atom stereocenters. The van der Waals surface area contributed by atoms with E-state index >= 15 is 0 Å². The van der Waals surface area contributed by atoms with E-state index in [2.05, 4.69) is 52.0 Å². The molecule has 2 rings (SSSR count). The smallest absolute Gasteiger partial charge is 0.328 e. The maximum absolute atomic E-state index is 11.9. The Hall–Kier alpha value is -1.74. The molecular formula is C14H17BrN4O3S. The molecule has 7 nitrogen and oxygen atoms in total. The third-order valence-corrected chi connectivity index (χ3v) is 4.82. The van der Waals surface area contributed by atoms with Gasteiger partial charge in [-0.15, -0.1) is 11.3 Å². The van der Waals surface area contributed by atoms with Crippen LogP contribution in [0.15, 0.2) is 25.6 Å². The summed E-state index contributed by atoms with van der Waals surface area (Å²) in [5.74, 6) is -0.337. The monoisotopic (exact) mass is 400 g/mol. The van der Waals surface area contributed by atoms with Crippen molar-refractivity contribution in [1.82, 2.24) is 19.9 Å². The third-order valence-electron chi connectivity index (χ3n) is 2.94. The van der Waals surface area contributed by atoms with Crippen LogP contribution in [0.2, 0.25) is 0 Å². The Morgan fingerprint density at radius 1 is 1.43 bits per heavy atom. The molecule has 124 valence electrons. The van der Waals surface area contributed by atoms with Crippen LogP contribution in [0.1, 0.15) is 31.5 Å². The molecule has 0 aliphatic carbocycles. The van der Waals surface area contributed by atoms with E-state index in [1.165, 1.54) is 6.20 Å². The van der Waals surface area contributed by atoms with Crippen molar-refractivity contribution in [2.75, 3.05) is 0 Å². The Kier molecular flexibility index (Phi) is 5.20. The molecule has 0 saturated carbocycles. The average molecular weight is 401 g/mol. The zero-order chi connectivity index (χ0) is 17.2. The van der Waals surface area contributed by atoms with Crippen LogP contribution in [0.25, 0.3) is 0 Å². The topological polar surface area (TPSA) is 96.8 Å². The maximum atomic E-state index is 11.9. The fraction of sp³-hybridized carbons (Fsp3) is 0.429. The number of amides is 1. The molecule has 2 aromatic heterocycles. The van der Waals surface area contributed by atoms with Crippen LogP contribution >= 0.6 is 27.3 Å². The van der Waals surface area contributed by atoms with Gasteiger partial charge >= 0.3 is 5.69 Å². The lowest BCUT2D eigenvalue weighted by atomic mass is 9.98. The molecule has 0 saturated heterocycles. The second-order valence-electron chi connectivity index (χ2n) is 6.03. The third kappa shape index (κ3) is 4.61. The number of hydrogen-bond donors (Lipinski definition) is 2. The summed E-state index contributed by atoms with van der Waals surface area (Å²) in [7, 11) is 0. The summed E-state index contributed by atoms with van der Waals surface area (Å²) in [5.41, 5.74) is -0.397. The van der Waals surface area contributed by atoms with Crippen molar-refractivity contribution in [2.45, 2.75) is 39.3 Å². The van der Waals surface area contributed by atoms with Gasteiger partial charge in [-0.2, -0.15) is 0 Å². The van der Waals surface area contributed by atoms with E-state index in [4.69, 9.17) is 0 Å². The van der Waals surface area contributed by atoms with E-state index in [0.29, 0.717) is 6.54 Å². The Labute approximate surface area is 144 Å². The molecule has 0 aliphatic rings. The van der Waals surface area contributed by atoms with Gasteiger partial charge in [0.25, 0.3) is 5.56 Å². The van der Waals surface area contributed by atoms with E-state index in [0.717, 1.165) is 15.3 Å². The normalized spacial score (nSPS) is 11.5. The SMILES string of the molecule is CC(C)(C)c1nc(CNC(=O)Cn2cc(Br)c(=O)[nH]c2=O)cs1. The first-order valence-corrected chi connectivity index (χ1v) is 8.55. The number of H-pyrrole nitrogens is 1. The second kappa shape index (κ2) is 6.79. The van der Waals surface area contributed by atoms with Crippen LogP contribution in [-0.4, -0.2) is 20.4 Å². The van der Waals surface area contributed by atoms with E-state index in [9.17, 15) is 14.4 Å². The fourth-order valence-electron chi connectivity index (χ4n) is 1.73. The Balaban J connectivity index is 1.98. The highest BCUT2D eigenvalue weighted by Crippen LogP contribution is 2.25. The zero-order valence-corrected chi connectivity index (χ0v) is 15.4. The van der Waals surface area contributed by atoms with Gasteiger partial charge in [0.15, 0.2) is 0 Å². The van der Waals surface area contributed by atoms with Gasteiger partial charge in [-0.3, -0.25) is 19.1 Å². The number of aromatic amines is 1. The van der Waals surface area contributed by atoms with Crippen molar-refractivity contribution in [1.29, 1.82) is 0 Å². The first-order chi connectivity index (χ1) is 10.7. The number of nitrogens with one attached hydrogen (secondary N) is 2. The standard InChI is InChI=1S/C14H17BrN4O3S/c1-14(2,3)12-17-8(7-23-12)4-16-10(20)6-19-5-9(15)11(21)18-13(19)22/h5,7H,4,6H2,1-3H3,(H,16,20)(H,18,21,22). The number of halogens is 1. The summed E-state index contributed by atoms with van der Waals surface area (Å²) in [4.78, 5) is 41.4. The van der Waals surface area contributed by atoms with Crippen LogP contribution in [0.3, 0.4) is 0 Å². The molecule has 0 aliphatic heterocycles. The fourth-order valence-corrected chi connectivity index (χ4v) is 2.99. The lowest BCUT2D eigenvalue weighted by Gasteiger charge is -2.13. The summed E-state index contributed by atoms with van der Waals surface area (Å²) in [6.45, 7) is 6.35. The van der Waals surface area contributed by atoms with Crippen molar-refractivity contribution in [3.63, 3.8) is 0 Å². The zero-order valence-electron chi connectivity index (χ0n) is 13.0. The van der Waals surface area contributed by atoms with Crippen molar-refractivity contribution < 1.29 is 4.79 Å². The molecule has 23 heavy (non-hydrogen) atoms. The van der Waals surface area contributed by atoms with Gasteiger partial charge in [0, 0.05) is 17.0 Å². The summed E-state index contributed by atoms with van der Waals surface area (Å²) in [5, 5.41) is 5.62. The number of aromatic nitrogens is 3. The quantitative estimate of drug-likeness (QED) is 0.809. The predicted molar refractivity (Wildman–Crippen MR) is 91.7 cm³/mol. The van der Waals surface area contributed by atoms with Gasteiger partial charge in [-0.25, -0.2) is 9.78 Å². The summed E-state index contributed by atoms with van der Waals surface area (Å²) >= 11 is 4.58. The molecule has 0 atom stereocenters. The minimum atomic E-state index is -0.628. The van der Waals surface area contributed by atoms with Crippen LogP contribution in [0.5, 0.6) is 0 Å². The van der Waals surface area contributed by atoms with E-state index < -0.39 is 11.2 Å². The van der Waals surface area contributed by atoms with Gasteiger partial charge in [0.05, 0.1) is 21.7 Å². The van der Waals surface area contributed by atoms with E-state index in [-0.39, 0.29) is 22.3 Å². The molecule has 0 bridgehead atoms. The molecule has 0 aromatic carbocycles. The molecule has 9 heteroatoms. The highest BCUT2D eigenvalue weighted by Gasteiger charge is 2.18. The maximum Gasteiger partial charge on any atom is 0.328 e. The largest absolute Gasteiger partial charge is 0.349 e. The highest BCUT2D eigenvalue weighted by atomic mass is 79.9. The number of carbonyl (C=O) groups excluding carboxylic acids is 1. The highest BCUT2D eigenvalue weighted by molar-refractivity contribution is 9.10. The molecule has 2 aromatic rings. The number of thiazole rings is 1. The van der Waals surface area contributed by atoms with Gasteiger partial charge in [-0.05, 0) is 15.9 Å². The molecule has 0 spiro atoms. The first kappa shape index (κ1) is 17.6. The van der Waals surface area contributed by atoms with Crippen LogP contribution in [-0.2, 0) is 23.3 Å². The Bertz CT molecular complexity index is 832. The number of rotatable bonds is 4. The summed E-state index contributed by atoms with van der Waals surface area (Å²) < 4.78 is 1.32. The van der Waals surface area contributed by atoms with Crippen molar-refractivity contribution >= 4 is 33.2 Å². The van der Waals surface area contributed by atoms with Crippen LogP contribution < -0.4 is 16.6 Å². The van der Waals surface area contributed by atoms with Gasteiger partial charge in [-0.1, -0.05) is 20.8 Å². The van der Waals surface area contributed by atoms with E-state index in [1.54, 1.807) is 11.3 Å². The first-order valence-electron chi connectivity index (χ1n) is 6.87. The van der Waals surface area contributed by atoms with Crippen molar-refractivity contribution in [3.05, 3.63) is 47.6 Å². The average Bonchev–Trinajstić information content (AvgIpc) is 2.91. The predicted octanol–water partition coefficient (Wildman–Crippen LogP) is 1.37. The number of nitrogens with zero attached hydrogens (tertiary/aromatic N) is 2. The molecular weight excluding hydrogens is 384 g/mol. The molecule has 2 heterocycles. The molecule has 1 amide bonds. The minimum absolute atomic E-state index is 0.0254. The molecule has 0 radical (unpaired) electrons. The van der Waals surface area contributed by atoms with E-state index in [1.807, 2.05) is 5.38 Å². The second-order valence-corrected chi connectivity index (χ2v) is 7.75. The van der Waals surface area contributed by atoms with Gasteiger partial charge in [0.2, 0.25) is 5.91 Å². The lowest BCUT2D eigenvalue weighted by Crippen LogP contribution is -2.35. The number of carbonyl (C=O) groups is 1. The van der Waals surface area contributed by atoms with Crippen LogP contribution in [0, 0.1) is 0 Å². The molecule has 0 fully saturated rings. The molecule has 2 N–H and O–H groups in total. The lowest BCUT2D eigenvalue weighted by molar-refractivity contribution is -0.121.